The van der Waals surface area contributed by atoms with Gasteiger partial charge in [-0.25, -0.2) is 0 Å². The number of anilines is 1. The lowest BCUT2D eigenvalue weighted by Crippen LogP contribution is -2.47. The first kappa shape index (κ1) is 27.2. The van der Waals surface area contributed by atoms with Crippen LogP contribution in [0.2, 0.25) is 0 Å². The number of rotatable bonds is 10. The Morgan fingerprint density at radius 3 is 2.18 bits per heavy atom. The van der Waals surface area contributed by atoms with E-state index in [-0.39, 0.29) is 16.8 Å². The molecule has 34 heavy (non-hydrogen) atoms. The van der Waals surface area contributed by atoms with Crippen molar-refractivity contribution in [2.24, 2.45) is 17.4 Å². The van der Waals surface area contributed by atoms with Gasteiger partial charge < -0.3 is 26.6 Å². The number of esters is 1. The van der Waals surface area contributed by atoms with Gasteiger partial charge in [0.05, 0.1) is 6.04 Å². The summed E-state index contributed by atoms with van der Waals surface area (Å²) in [5.74, 6) is -4.54. The van der Waals surface area contributed by atoms with Crippen molar-refractivity contribution < 1.29 is 37.2 Å². The van der Waals surface area contributed by atoms with Crippen molar-refractivity contribution in [1.29, 1.82) is 0 Å². The van der Waals surface area contributed by atoms with Gasteiger partial charge in [0, 0.05) is 23.0 Å². The van der Waals surface area contributed by atoms with Gasteiger partial charge in [-0.05, 0) is 39.3 Å². The molecule has 0 saturated heterocycles. The van der Waals surface area contributed by atoms with Crippen LogP contribution in [0, 0.1) is 5.92 Å². The van der Waals surface area contributed by atoms with Gasteiger partial charge in [0.2, 0.25) is 0 Å². The average molecular weight is 496 g/mol. The van der Waals surface area contributed by atoms with E-state index in [0.29, 0.717) is 11.1 Å². The molecule has 7 N–H and O–H groups in total. The molecule has 0 heterocycles. The SMILES string of the molecule is CC(C)(C)OC(=O)C(C[C@H](N)C(=O)O)C(=O)C(N)CNc1cccc2c(S(=O)(=O)O)cccc12. The molecule has 2 aromatic carbocycles. The summed E-state index contributed by atoms with van der Waals surface area (Å²) < 4.78 is 38.0. The lowest BCUT2D eigenvalue weighted by atomic mass is 9.91. The minimum Gasteiger partial charge on any atom is -0.480 e. The fourth-order valence-electron chi connectivity index (χ4n) is 3.30. The Hall–Kier alpha value is -3.06. The molecule has 0 spiro atoms. The number of nitrogens with two attached hydrogens (primary N) is 2. The Morgan fingerprint density at radius 2 is 1.62 bits per heavy atom. The molecule has 0 radical (unpaired) electrons. The van der Waals surface area contributed by atoms with Crippen LogP contribution in [-0.2, 0) is 29.2 Å². The summed E-state index contributed by atoms with van der Waals surface area (Å²) in [6, 6.07) is 6.31. The second kappa shape index (κ2) is 10.5. The van der Waals surface area contributed by atoms with Crippen LogP contribution in [0.1, 0.15) is 27.2 Å². The van der Waals surface area contributed by atoms with Gasteiger partial charge in [-0.3, -0.25) is 18.9 Å². The fourth-order valence-corrected chi connectivity index (χ4v) is 4.00. The van der Waals surface area contributed by atoms with Crippen molar-refractivity contribution in [3.63, 3.8) is 0 Å². The van der Waals surface area contributed by atoms with Crippen LogP contribution < -0.4 is 16.8 Å². The zero-order chi connectivity index (χ0) is 25.8. The van der Waals surface area contributed by atoms with E-state index in [1.54, 1.807) is 39.0 Å². The Bertz CT molecular complexity index is 1190. The van der Waals surface area contributed by atoms with Crippen molar-refractivity contribution in [3.05, 3.63) is 36.4 Å². The van der Waals surface area contributed by atoms with Gasteiger partial charge >= 0.3 is 11.9 Å². The normalized spacial score (nSPS) is 14.8. The van der Waals surface area contributed by atoms with Crippen molar-refractivity contribution >= 4 is 44.3 Å². The summed E-state index contributed by atoms with van der Waals surface area (Å²) in [6.07, 6.45) is -0.483. The van der Waals surface area contributed by atoms with Crippen molar-refractivity contribution in [3.8, 4) is 0 Å². The van der Waals surface area contributed by atoms with Crippen LogP contribution in [-0.4, -0.2) is 60.0 Å². The Morgan fingerprint density at radius 1 is 1.03 bits per heavy atom. The van der Waals surface area contributed by atoms with Gasteiger partial charge in [-0.1, -0.05) is 24.3 Å². The molecule has 3 atom stereocenters. The molecule has 186 valence electrons. The molecule has 0 aliphatic rings. The van der Waals surface area contributed by atoms with Gasteiger partial charge in [0.1, 0.15) is 22.5 Å². The minimum atomic E-state index is -4.46. The van der Waals surface area contributed by atoms with E-state index in [1.165, 1.54) is 18.2 Å². The predicted molar refractivity (Wildman–Crippen MR) is 125 cm³/mol. The van der Waals surface area contributed by atoms with Crippen LogP contribution in [0.5, 0.6) is 0 Å². The maximum absolute atomic E-state index is 13.0. The topological polar surface area (TPSA) is 199 Å². The van der Waals surface area contributed by atoms with Crippen LogP contribution >= 0.6 is 0 Å². The lowest BCUT2D eigenvalue weighted by molar-refractivity contribution is -0.163. The predicted octanol–water partition coefficient (Wildman–Crippen LogP) is 1.15. The number of nitrogens with one attached hydrogen (secondary N) is 1. The third kappa shape index (κ3) is 6.97. The molecular weight excluding hydrogens is 466 g/mol. The van der Waals surface area contributed by atoms with E-state index in [9.17, 15) is 27.4 Å². The number of carboxylic acid groups (broad SMARTS) is 1. The molecule has 0 aliphatic carbocycles. The second-order valence-electron chi connectivity index (χ2n) is 8.79. The van der Waals surface area contributed by atoms with Gasteiger partial charge in [0.25, 0.3) is 10.1 Å². The van der Waals surface area contributed by atoms with E-state index >= 15 is 0 Å². The Kier molecular flexibility index (Phi) is 8.37. The number of hydrogen-bond acceptors (Lipinski definition) is 9. The molecule has 0 amide bonds. The third-order valence-corrected chi connectivity index (χ3v) is 5.79. The van der Waals surface area contributed by atoms with Crippen LogP contribution in [0.25, 0.3) is 10.8 Å². The molecule has 0 fully saturated rings. The summed E-state index contributed by atoms with van der Waals surface area (Å²) in [4.78, 5) is 36.5. The highest BCUT2D eigenvalue weighted by Gasteiger charge is 2.36. The fraction of sp³-hybridized carbons (Fsp3) is 0.409. The Balaban J connectivity index is 2.26. The number of Topliss-reactive ketones (excluding diaryl/α,β-unsaturated/α-hetero) is 1. The number of aliphatic carboxylic acids is 1. The molecule has 12 heteroatoms. The standard InChI is InChI=1S/C22H29N3O8S/c1-22(2,3)33-21(29)14(10-15(23)20(27)28)19(26)16(24)11-25-17-8-4-7-13-12(17)6-5-9-18(13)34(30,31)32/h4-9,14-16,25H,10-11,23-24H2,1-3H3,(H,27,28)(H,30,31,32)/t14?,15-,16?/m0/s1. The van der Waals surface area contributed by atoms with Crippen LogP contribution in [0.3, 0.4) is 0 Å². The summed E-state index contributed by atoms with van der Waals surface area (Å²) in [7, 11) is -4.46. The summed E-state index contributed by atoms with van der Waals surface area (Å²) in [5.41, 5.74) is 11.1. The molecule has 2 unspecified atom stereocenters. The number of ether oxygens (including phenoxy) is 1. The number of fused-ring (bicyclic) bond motifs is 1. The van der Waals surface area contributed by atoms with E-state index in [1.807, 2.05) is 0 Å². The van der Waals surface area contributed by atoms with Crippen molar-refractivity contribution in [2.75, 3.05) is 11.9 Å². The average Bonchev–Trinajstić information content (AvgIpc) is 2.72. The summed E-state index contributed by atoms with van der Waals surface area (Å²) in [6.45, 7) is 4.65. The molecule has 2 rings (SSSR count). The van der Waals surface area contributed by atoms with Crippen molar-refractivity contribution in [2.45, 2.75) is 49.8 Å². The van der Waals surface area contributed by atoms with Crippen LogP contribution in [0.4, 0.5) is 5.69 Å². The van der Waals surface area contributed by atoms with E-state index in [0.717, 1.165) is 0 Å². The maximum atomic E-state index is 13.0. The smallest absolute Gasteiger partial charge is 0.320 e. The quantitative estimate of drug-likeness (QED) is 0.180. The number of carbonyl (C=O) groups excluding carboxylic acids is 2. The van der Waals surface area contributed by atoms with E-state index in [4.69, 9.17) is 21.3 Å². The molecular formula is C22H29N3O8S. The second-order valence-corrected chi connectivity index (χ2v) is 10.2. The monoisotopic (exact) mass is 495 g/mol. The molecule has 2 aromatic rings. The number of hydrogen-bond donors (Lipinski definition) is 5. The molecule has 0 aliphatic heterocycles. The zero-order valence-electron chi connectivity index (χ0n) is 19.0. The van der Waals surface area contributed by atoms with E-state index in [2.05, 4.69) is 5.32 Å². The first-order valence-electron chi connectivity index (χ1n) is 10.4. The van der Waals surface area contributed by atoms with E-state index < -0.39 is 57.9 Å². The highest BCUT2D eigenvalue weighted by atomic mass is 32.2. The highest BCUT2D eigenvalue weighted by Crippen LogP contribution is 2.28. The first-order chi connectivity index (χ1) is 15.6. The third-order valence-electron chi connectivity index (χ3n) is 4.88. The molecule has 0 saturated carbocycles. The number of benzene rings is 2. The number of ketones is 1. The first-order valence-corrected chi connectivity index (χ1v) is 11.8. The van der Waals surface area contributed by atoms with Gasteiger partial charge in [-0.2, -0.15) is 8.42 Å². The lowest BCUT2D eigenvalue weighted by Gasteiger charge is -2.26. The molecule has 11 nitrogen and oxygen atoms in total. The summed E-state index contributed by atoms with van der Waals surface area (Å²) >= 11 is 0. The number of carboxylic acids is 1. The molecule has 0 aromatic heterocycles. The highest BCUT2D eigenvalue weighted by molar-refractivity contribution is 7.86. The Labute approximate surface area is 197 Å². The summed E-state index contributed by atoms with van der Waals surface area (Å²) in [5, 5.41) is 12.8. The molecule has 0 bridgehead atoms. The maximum Gasteiger partial charge on any atom is 0.320 e. The zero-order valence-corrected chi connectivity index (χ0v) is 19.8. The van der Waals surface area contributed by atoms with Gasteiger partial charge in [0.15, 0.2) is 5.78 Å². The largest absolute Gasteiger partial charge is 0.480 e. The number of carbonyl (C=O) groups is 3. The van der Waals surface area contributed by atoms with Crippen LogP contribution in [0.15, 0.2) is 41.3 Å². The minimum absolute atomic E-state index is 0.157. The van der Waals surface area contributed by atoms with Gasteiger partial charge in [-0.15, -0.1) is 0 Å². The van der Waals surface area contributed by atoms with Crippen molar-refractivity contribution in [1.82, 2.24) is 0 Å².